The van der Waals surface area contributed by atoms with E-state index in [4.69, 9.17) is 16.2 Å². The average Bonchev–Trinajstić information content (AvgIpc) is 2.21. The number of hydrogen-bond acceptors (Lipinski definition) is 1. The van der Waals surface area contributed by atoms with Gasteiger partial charge in [0, 0.05) is 16.9 Å². The first-order valence-corrected chi connectivity index (χ1v) is 6.74. The second-order valence-electron chi connectivity index (χ2n) is 2.85. The van der Waals surface area contributed by atoms with Crippen LogP contribution in [0.15, 0.2) is 28.7 Å². The van der Waals surface area contributed by atoms with Gasteiger partial charge in [0.2, 0.25) is 0 Å². The van der Waals surface area contributed by atoms with Crippen LogP contribution in [-0.2, 0) is 11.3 Å². The Kier molecular flexibility index (Phi) is 5.60. The van der Waals surface area contributed by atoms with Crippen LogP contribution in [0.4, 0.5) is 5.69 Å². The summed E-state index contributed by atoms with van der Waals surface area (Å²) in [5.41, 5.74) is 0.712. The quantitative estimate of drug-likeness (QED) is 0.670. The lowest BCUT2D eigenvalue weighted by Crippen LogP contribution is -2.26. The number of alkyl halides is 1. The van der Waals surface area contributed by atoms with Crippen LogP contribution in [0.2, 0.25) is 0 Å². The Morgan fingerprint density at radius 1 is 1.40 bits per heavy atom. The largest absolute Gasteiger partial charge is 0.289 e. The van der Waals surface area contributed by atoms with Gasteiger partial charge >= 0.3 is 0 Å². The van der Waals surface area contributed by atoms with E-state index in [1.54, 1.807) is 12.1 Å². The van der Waals surface area contributed by atoms with Gasteiger partial charge in [-0.25, -0.2) is 4.21 Å². The number of nitrogens with zero attached hydrogens (tertiary/aromatic N) is 1. The standard InChI is InChI=1S/C9H11BrClNO2S/c10-8-2-4-9(5-3-8)12(15(13)14)7-1-6-11/h2-5H,1,6-7H2,(H,13,14). The van der Waals surface area contributed by atoms with Gasteiger partial charge in [-0.05, 0) is 30.7 Å². The molecule has 0 heterocycles. The lowest BCUT2D eigenvalue weighted by Gasteiger charge is -2.19. The molecule has 1 N–H and O–H groups in total. The fourth-order valence-electron chi connectivity index (χ4n) is 1.11. The fraction of sp³-hybridized carbons (Fsp3) is 0.333. The number of halogens is 2. The Hall–Kier alpha value is -0.100. The molecule has 1 aromatic rings. The maximum atomic E-state index is 11.1. The molecular weight excluding hydrogens is 302 g/mol. The zero-order chi connectivity index (χ0) is 11.3. The normalized spacial score (nSPS) is 12.5. The van der Waals surface area contributed by atoms with Crippen molar-refractivity contribution < 1.29 is 8.76 Å². The summed E-state index contributed by atoms with van der Waals surface area (Å²) in [5, 5.41) is 0. The molecule has 0 amide bonds. The third kappa shape index (κ3) is 4.10. The van der Waals surface area contributed by atoms with Crippen molar-refractivity contribution in [1.29, 1.82) is 0 Å². The molecule has 3 nitrogen and oxygen atoms in total. The van der Waals surface area contributed by atoms with Crippen LogP contribution in [-0.4, -0.2) is 21.2 Å². The number of benzene rings is 1. The van der Waals surface area contributed by atoms with E-state index in [0.717, 1.165) is 4.47 Å². The van der Waals surface area contributed by atoms with E-state index in [9.17, 15) is 4.21 Å². The van der Waals surface area contributed by atoms with Crippen molar-refractivity contribution in [2.45, 2.75) is 6.42 Å². The van der Waals surface area contributed by atoms with Gasteiger partial charge in [0.05, 0.1) is 5.69 Å². The summed E-state index contributed by atoms with van der Waals surface area (Å²) >= 11 is 6.85. The molecule has 1 unspecified atom stereocenters. The SMILES string of the molecule is O=S(O)N(CCCCl)c1ccc(Br)cc1. The fourth-order valence-corrected chi connectivity index (χ4v) is 2.08. The molecule has 0 saturated heterocycles. The Morgan fingerprint density at radius 3 is 2.47 bits per heavy atom. The molecule has 0 radical (unpaired) electrons. The maximum Gasteiger partial charge on any atom is 0.261 e. The molecular formula is C9H11BrClNO2S. The molecule has 0 spiro atoms. The molecule has 0 aliphatic carbocycles. The van der Waals surface area contributed by atoms with Crippen LogP contribution in [0.3, 0.4) is 0 Å². The monoisotopic (exact) mass is 311 g/mol. The van der Waals surface area contributed by atoms with Crippen molar-refractivity contribution in [3.05, 3.63) is 28.7 Å². The van der Waals surface area contributed by atoms with Crippen LogP contribution in [0.25, 0.3) is 0 Å². The highest BCUT2D eigenvalue weighted by atomic mass is 79.9. The zero-order valence-corrected chi connectivity index (χ0v) is 11.1. The highest BCUT2D eigenvalue weighted by molar-refractivity contribution is 9.10. The predicted octanol–water partition coefficient (Wildman–Crippen LogP) is 3.02. The molecule has 1 aromatic carbocycles. The van der Waals surface area contributed by atoms with Gasteiger partial charge in [0.25, 0.3) is 11.3 Å². The van der Waals surface area contributed by atoms with Gasteiger partial charge in [0.15, 0.2) is 0 Å². The summed E-state index contributed by atoms with van der Waals surface area (Å²) in [6, 6.07) is 7.23. The smallest absolute Gasteiger partial charge is 0.261 e. The Bertz CT molecular complexity index is 333. The topological polar surface area (TPSA) is 40.5 Å². The van der Waals surface area contributed by atoms with Crippen molar-refractivity contribution in [3.8, 4) is 0 Å². The van der Waals surface area contributed by atoms with Gasteiger partial charge in [0.1, 0.15) is 0 Å². The molecule has 0 aliphatic rings. The number of rotatable bonds is 5. The van der Waals surface area contributed by atoms with E-state index in [1.807, 2.05) is 12.1 Å². The van der Waals surface area contributed by atoms with Crippen molar-refractivity contribution >= 4 is 44.5 Å². The van der Waals surface area contributed by atoms with Gasteiger partial charge in [-0.1, -0.05) is 15.9 Å². The van der Waals surface area contributed by atoms with Crippen molar-refractivity contribution in [2.75, 3.05) is 16.7 Å². The summed E-state index contributed by atoms with van der Waals surface area (Å²) in [4.78, 5) is 0. The van der Waals surface area contributed by atoms with E-state index in [2.05, 4.69) is 15.9 Å². The first-order valence-electron chi connectivity index (χ1n) is 4.35. The van der Waals surface area contributed by atoms with E-state index in [-0.39, 0.29) is 0 Å². The van der Waals surface area contributed by atoms with E-state index in [0.29, 0.717) is 24.5 Å². The predicted molar refractivity (Wildman–Crippen MR) is 67.6 cm³/mol. The molecule has 0 bridgehead atoms. The first kappa shape index (κ1) is 13.0. The second kappa shape index (κ2) is 6.48. The average molecular weight is 313 g/mol. The Morgan fingerprint density at radius 2 is 2.00 bits per heavy atom. The summed E-state index contributed by atoms with van der Waals surface area (Å²) in [5.74, 6) is 0.476. The van der Waals surface area contributed by atoms with Crippen molar-refractivity contribution in [2.24, 2.45) is 0 Å². The summed E-state index contributed by atoms with van der Waals surface area (Å²) < 4.78 is 22.5. The van der Waals surface area contributed by atoms with Gasteiger partial charge < -0.3 is 0 Å². The van der Waals surface area contributed by atoms with Gasteiger partial charge in [-0.15, -0.1) is 11.6 Å². The van der Waals surface area contributed by atoms with Gasteiger partial charge in [-0.3, -0.25) is 8.86 Å². The van der Waals surface area contributed by atoms with E-state index < -0.39 is 11.3 Å². The van der Waals surface area contributed by atoms with Gasteiger partial charge in [-0.2, -0.15) is 0 Å². The Labute approximate surface area is 105 Å². The van der Waals surface area contributed by atoms with Crippen LogP contribution in [0.1, 0.15) is 6.42 Å². The highest BCUT2D eigenvalue weighted by Gasteiger charge is 2.10. The molecule has 0 fully saturated rings. The molecule has 1 atom stereocenters. The second-order valence-corrected chi connectivity index (χ2v) is 5.05. The summed E-state index contributed by atoms with van der Waals surface area (Å²) in [6.07, 6.45) is 0.671. The third-order valence-corrected chi connectivity index (χ3v) is 3.36. The van der Waals surface area contributed by atoms with E-state index in [1.165, 1.54) is 4.31 Å². The molecule has 15 heavy (non-hydrogen) atoms. The van der Waals surface area contributed by atoms with Crippen LogP contribution in [0.5, 0.6) is 0 Å². The minimum absolute atomic E-state index is 0.467. The molecule has 84 valence electrons. The number of hydrogen-bond donors (Lipinski definition) is 1. The van der Waals surface area contributed by atoms with Crippen LogP contribution >= 0.6 is 27.5 Å². The van der Waals surface area contributed by atoms with Crippen LogP contribution < -0.4 is 4.31 Å². The van der Waals surface area contributed by atoms with Crippen molar-refractivity contribution in [3.63, 3.8) is 0 Å². The minimum Gasteiger partial charge on any atom is -0.289 e. The Balaban J connectivity index is 2.79. The summed E-state index contributed by atoms with van der Waals surface area (Å²) in [7, 11) is 0. The third-order valence-electron chi connectivity index (χ3n) is 1.80. The van der Waals surface area contributed by atoms with Crippen LogP contribution in [0, 0.1) is 0 Å². The first-order chi connectivity index (χ1) is 7.15. The lowest BCUT2D eigenvalue weighted by molar-refractivity contribution is 0.558. The van der Waals surface area contributed by atoms with E-state index >= 15 is 0 Å². The molecule has 0 aromatic heterocycles. The lowest BCUT2D eigenvalue weighted by atomic mass is 10.3. The molecule has 6 heteroatoms. The van der Waals surface area contributed by atoms with Crippen molar-refractivity contribution in [1.82, 2.24) is 0 Å². The maximum absolute atomic E-state index is 11.1. The molecule has 0 saturated carbocycles. The molecule has 1 rings (SSSR count). The number of anilines is 1. The molecule has 0 aliphatic heterocycles. The minimum atomic E-state index is -2.00. The summed E-state index contributed by atoms with van der Waals surface area (Å²) in [6.45, 7) is 0.467. The highest BCUT2D eigenvalue weighted by Crippen LogP contribution is 2.19. The zero-order valence-electron chi connectivity index (χ0n) is 7.90.